The number of hydrogen-bond acceptors (Lipinski definition) is 1. The second-order valence-corrected chi connectivity index (χ2v) is 4.36. The first kappa shape index (κ1) is 11.8. The van der Waals surface area contributed by atoms with E-state index >= 15 is 0 Å². The van der Waals surface area contributed by atoms with Crippen molar-refractivity contribution in [3.63, 3.8) is 0 Å². The highest BCUT2D eigenvalue weighted by molar-refractivity contribution is 6.18. The van der Waals surface area contributed by atoms with Gasteiger partial charge in [-0.3, -0.25) is 4.79 Å². The largest absolute Gasteiger partial charge is 0.300 e. The van der Waals surface area contributed by atoms with Gasteiger partial charge >= 0.3 is 6.43 Å². The molecule has 1 nitrogen and oxygen atoms in total. The zero-order valence-corrected chi connectivity index (χ0v) is 9.94. The lowest BCUT2D eigenvalue weighted by molar-refractivity contribution is 0.0681. The number of benzene rings is 3. The lowest BCUT2D eigenvalue weighted by atomic mass is 9.95. The van der Waals surface area contributed by atoms with Gasteiger partial charge in [-0.05, 0) is 27.6 Å². The zero-order valence-electron chi connectivity index (χ0n) is 9.94. The van der Waals surface area contributed by atoms with Crippen molar-refractivity contribution in [3.8, 4) is 0 Å². The van der Waals surface area contributed by atoms with Crippen LogP contribution in [0.1, 0.15) is 10.4 Å². The van der Waals surface area contributed by atoms with Crippen LogP contribution in [0.25, 0.3) is 21.5 Å². The molecule has 0 spiro atoms. The van der Waals surface area contributed by atoms with E-state index in [4.69, 9.17) is 0 Å². The van der Waals surface area contributed by atoms with Crippen molar-refractivity contribution in [2.75, 3.05) is 0 Å². The standard InChI is InChI=1S/C16H10F2O/c17-16(18)15(19)14-9-10-5-1-2-6-11(10)12-7-3-4-8-13(12)14/h1-9,16H. The number of alkyl halides is 2. The predicted molar refractivity (Wildman–Crippen MR) is 71.8 cm³/mol. The topological polar surface area (TPSA) is 17.1 Å². The molecule has 0 fully saturated rings. The molecule has 0 aliphatic heterocycles. The number of rotatable bonds is 2. The summed E-state index contributed by atoms with van der Waals surface area (Å²) in [5.41, 5.74) is 0.0873. The van der Waals surface area contributed by atoms with Gasteiger partial charge in [-0.25, -0.2) is 8.78 Å². The van der Waals surface area contributed by atoms with Crippen LogP contribution in [-0.2, 0) is 0 Å². The Morgan fingerprint density at radius 2 is 1.42 bits per heavy atom. The first-order valence-corrected chi connectivity index (χ1v) is 5.91. The molecule has 0 aliphatic rings. The number of Topliss-reactive ketones (excluding diaryl/α,β-unsaturated/α-hetero) is 1. The Kier molecular flexibility index (Phi) is 2.75. The Bertz CT molecular complexity index is 778. The Balaban J connectivity index is 2.46. The van der Waals surface area contributed by atoms with Gasteiger partial charge in [0.1, 0.15) is 0 Å². The summed E-state index contributed by atoms with van der Waals surface area (Å²) >= 11 is 0. The molecule has 0 N–H and O–H groups in total. The molecule has 0 aromatic heterocycles. The summed E-state index contributed by atoms with van der Waals surface area (Å²) < 4.78 is 25.4. The normalized spacial score (nSPS) is 11.3. The maximum atomic E-state index is 12.7. The summed E-state index contributed by atoms with van der Waals surface area (Å²) in [5, 5.41) is 3.16. The van der Waals surface area contributed by atoms with E-state index in [1.165, 1.54) is 0 Å². The molecule has 3 aromatic carbocycles. The van der Waals surface area contributed by atoms with Crippen molar-refractivity contribution in [1.82, 2.24) is 0 Å². The molecule has 19 heavy (non-hydrogen) atoms. The second-order valence-electron chi connectivity index (χ2n) is 4.36. The predicted octanol–water partition coefficient (Wildman–Crippen LogP) is 4.44. The van der Waals surface area contributed by atoms with Gasteiger partial charge in [-0.1, -0.05) is 48.5 Å². The van der Waals surface area contributed by atoms with E-state index in [1.54, 1.807) is 18.2 Å². The molecule has 0 bridgehead atoms. The monoisotopic (exact) mass is 256 g/mol. The Hall–Kier alpha value is -2.29. The molecule has 3 rings (SSSR count). The maximum absolute atomic E-state index is 12.7. The molecule has 0 atom stereocenters. The molecular formula is C16H10F2O. The lowest BCUT2D eigenvalue weighted by Crippen LogP contribution is -2.10. The summed E-state index contributed by atoms with van der Waals surface area (Å²) in [6.45, 7) is 0. The van der Waals surface area contributed by atoms with Gasteiger partial charge in [-0.2, -0.15) is 0 Å². The minimum atomic E-state index is -2.98. The zero-order chi connectivity index (χ0) is 13.4. The SMILES string of the molecule is O=C(c1cc2ccccc2c2ccccc12)C(F)F. The fourth-order valence-corrected chi connectivity index (χ4v) is 2.38. The Morgan fingerprint density at radius 3 is 2.11 bits per heavy atom. The number of hydrogen-bond donors (Lipinski definition) is 0. The van der Waals surface area contributed by atoms with E-state index in [0.717, 1.165) is 16.2 Å². The third kappa shape index (κ3) is 1.87. The van der Waals surface area contributed by atoms with Gasteiger partial charge in [0.2, 0.25) is 5.78 Å². The van der Waals surface area contributed by atoms with Crippen LogP contribution in [0.4, 0.5) is 8.78 Å². The van der Waals surface area contributed by atoms with Gasteiger partial charge in [0.05, 0.1) is 0 Å². The van der Waals surface area contributed by atoms with E-state index < -0.39 is 12.2 Å². The van der Waals surface area contributed by atoms with Gasteiger partial charge in [0.15, 0.2) is 0 Å². The van der Waals surface area contributed by atoms with Crippen LogP contribution >= 0.6 is 0 Å². The van der Waals surface area contributed by atoms with Crippen LogP contribution in [0, 0.1) is 0 Å². The first-order chi connectivity index (χ1) is 9.18. The lowest BCUT2D eigenvalue weighted by Gasteiger charge is -2.09. The molecule has 0 saturated heterocycles. The van der Waals surface area contributed by atoms with Crippen LogP contribution in [0.15, 0.2) is 54.6 Å². The molecule has 0 amide bonds. The van der Waals surface area contributed by atoms with Crippen molar-refractivity contribution in [2.45, 2.75) is 6.43 Å². The first-order valence-electron chi connectivity index (χ1n) is 5.91. The van der Waals surface area contributed by atoms with E-state index in [0.29, 0.717) is 5.39 Å². The highest BCUT2D eigenvalue weighted by Gasteiger charge is 2.20. The molecule has 0 heterocycles. The molecule has 94 valence electrons. The number of fused-ring (bicyclic) bond motifs is 3. The summed E-state index contributed by atoms with van der Waals surface area (Å²) in [7, 11) is 0. The van der Waals surface area contributed by atoms with E-state index in [1.807, 2.05) is 36.4 Å². The van der Waals surface area contributed by atoms with E-state index in [9.17, 15) is 13.6 Å². The molecular weight excluding hydrogens is 246 g/mol. The third-order valence-electron chi connectivity index (χ3n) is 3.23. The second kappa shape index (κ2) is 4.43. The van der Waals surface area contributed by atoms with Crippen LogP contribution in [0.5, 0.6) is 0 Å². The number of carbonyl (C=O) groups is 1. The van der Waals surface area contributed by atoms with Crippen molar-refractivity contribution in [3.05, 3.63) is 60.2 Å². The Morgan fingerprint density at radius 1 is 0.842 bits per heavy atom. The fraction of sp³-hybridized carbons (Fsp3) is 0.0625. The molecule has 0 radical (unpaired) electrons. The van der Waals surface area contributed by atoms with E-state index in [2.05, 4.69) is 0 Å². The summed E-state index contributed by atoms with van der Waals surface area (Å²) in [5.74, 6) is -1.12. The number of ketones is 1. The van der Waals surface area contributed by atoms with Crippen molar-refractivity contribution < 1.29 is 13.6 Å². The third-order valence-corrected chi connectivity index (χ3v) is 3.23. The number of halogens is 2. The molecule has 0 unspecified atom stereocenters. The summed E-state index contributed by atoms with van der Waals surface area (Å²) in [6.07, 6.45) is -2.98. The van der Waals surface area contributed by atoms with Gasteiger partial charge in [0, 0.05) is 5.56 Å². The average molecular weight is 256 g/mol. The number of carbonyl (C=O) groups excluding carboxylic acids is 1. The molecule has 3 heteroatoms. The van der Waals surface area contributed by atoms with Crippen molar-refractivity contribution in [1.29, 1.82) is 0 Å². The summed E-state index contributed by atoms with van der Waals surface area (Å²) in [4.78, 5) is 11.7. The van der Waals surface area contributed by atoms with E-state index in [-0.39, 0.29) is 5.56 Å². The maximum Gasteiger partial charge on any atom is 0.300 e. The quantitative estimate of drug-likeness (QED) is 0.489. The van der Waals surface area contributed by atoms with Crippen LogP contribution < -0.4 is 0 Å². The van der Waals surface area contributed by atoms with Gasteiger partial charge < -0.3 is 0 Å². The smallest absolute Gasteiger partial charge is 0.288 e. The van der Waals surface area contributed by atoms with Gasteiger partial charge in [-0.15, -0.1) is 0 Å². The molecule has 3 aromatic rings. The minimum absolute atomic E-state index is 0.0873. The average Bonchev–Trinajstić information content (AvgIpc) is 2.45. The highest BCUT2D eigenvalue weighted by Crippen LogP contribution is 2.29. The minimum Gasteiger partial charge on any atom is -0.288 e. The fourth-order valence-electron chi connectivity index (χ4n) is 2.38. The van der Waals surface area contributed by atoms with Crippen molar-refractivity contribution in [2.24, 2.45) is 0 Å². The molecule has 0 aliphatic carbocycles. The van der Waals surface area contributed by atoms with Crippen molar-refractivity contribution >= 4 is 27.3 Å². The van der Waals surface area contributed by atoms with Crippen LogP contribution in [0.2, 0.25) is 0 Å². The molecule has 0 saturated carbocycles. The highest BCUT2D eigenvalue weighted by atomic mass is 19.3. The van der Waals surface area contributed by atoms with Gasteiger partial charge in [0.25, 0.3) is 0 Å². The van der Waals surface area contributed by atoms with Crippen LogP contribution in [-0.4, -0.2) is 12.2 Å². The Labute approximate surface area is 108 Å². The van der Waals surface area contributed by atoms with Crippen LogP contribution in [0.3, 0.4) is 0 Å². The summed E-state index contributed by atoms with van der Waals surface area (Å²) in [6, 6.07) is 16.2.